The summed E-state index contributed by atoms with van der Waals surface area (Å²) in [6, 6.07) is 6.08. The molecular formula is C21H31N5O. The lowest BCUT2D eigenvalue weighted by Crippen LogP contribution is -2.45. The molecule has 3 heterocycles. The normalized spacial score (nSPS) is 19.3. The molecule has 0 radical (unpaired) electrons. The molecule has 0 atom stereocenters. The summed E-state index contributed by atoms with van der Waals surface area (Å²) in [7, 11) is 0. The number of aromatic nitrogens is 1. The zero-order valence-corrected chi connectivity index (χ0v) is 16.2. The average Bonchev–Trinajstić information content (AvgIpc) is 3.06. The van der Waals surface area contributed by atoms with E-state index in [1.165, 1.54) is 18.7 Å². The number of nitrogens with two attached hydrogens (primary N) is 1. The van der Waals surface area contributed by atoms with Crippen molar-refractivity contribution < 1.29 is 4.79 Å². The fraction of sp³-hybridized carbons (Fsp3) is 0.571. The molecule has 6 nitrogen and oxygen atoms in total. The molecule has 0 saturated carbocycles. The number of piperidine rings is 1. The molecule has 6 heteroatoms. The summed E-state index contributed by atoms with van der Waals surface area (Å²) < 4.78 is 0. The molecule has 2 saturated heterocycles. The minimum absolute atomic E-state index is 0.374. The molecule has 0 unspecified atom stereocenters. The van der Waals surface area contributed by atoms with Crippen LogP contribution in [0.5, 0.6) is 0 Å². The van der Waals surface area contributed by atoms with Crippen LogP contribution in [0.2, 0.25) is 0 Å². The Kier molecular flexibility index (Phi) is 5.36. The molecule has 2 aliphatic rings. The van der Waals surface area contributed by atoms with E-state index >= 15 is 0 Å². The lowest BCUT2D eigenvalue weighted by atomic mass is 9.93. The van der Waals surface area contributed by atoms with Crippen LogP contribution < -0.4 is 16.4 Å². The molecule has 2 fully saturated rings. The topological polar surface area (TPSA) is 86.2 Å². The van der Waals surface area contributed by atoms with E-state index in [0.717, 1.165) is 62.2 Å². The number of aromatic amines is 1. The van der Waals surface area contributed by atoms with Gasteiger partial charge in [0.25, 0.3) is 5.91 Å². The second-order valence-corrected chi connectivity index (χ2v) is 8.06. The first kappa shape index (κ1) is 18.3. The van der Waals surface area contributed by atoms with Crippen molar-refractivity contribution in [2.75, 3.05) is 44.6 Å². The molecule has 27 heavy (non-hydrogen) atoms. The number of fused-ring (bicyclic) bond motifs is 1. The second kappa shape index (κ2) is 7.90. The first-order valence-corrected chi connectivity index (χ1v) is 10.3. The largest absolute Gasteiger partial charge is 0.384 e. The number of rotatable bonds is 7. The van der Waals surface area contributed by atoms with Crippen molar-refractivity contribution >= 4 is 22.5 Å². The number of carbonyl (C=O) groups excluding carboxylic acids is 1. The maximum absolute atomic E-state index is 11.9. The summed E-state index contributed by atoms with van der Waals surface area (Å²) in [4.78, 5) is 18.0. The third kappa shape index (κ3) is 3.82. The van der Waals surface area contributed by atoms with Crippen molar-refractivity contribution in [3.05, 3.63) is 29.5 Å². The van der Waals surface area contributed by atoms with Gasteiger partial charge in [-0.3, -0.25) is 4.79 Å². The molecule has 1 aromatic carbocycles. The summed E-state index contributed by atoms with van der Waals surface area (Å²) in [6.07, 6.45) is 3.54. The third-order valence-electron chi connectivity index (χ3n) is 6.09. The van der Waals surface area contributed by atoms with Crippen molar-refractivity contribution in [3.8, 4) is 0 Å². The predicted octanol–water partition coefficient (Wildman–Crippen LogP) is 2.49. The zero-order valence-electron chi connectivity index (χ0n) is 16.2. The number of amides is 1. The molecule has 1 aromatic heterocycles. The maximum atomic E-state index is 11.9. The highest BCUT2D eigenvalue weighted by atomic mass is 16.1. The Bertz CT molecular complexity index is 802. The van der Waals surface area contributed by atoms with Crippen molar-refractivity contribution in [3.63, 3.8) is 0 Å². The van der Waals surface area contributed by atoms with Crippen LogP contribution in [0.3, 0.4) is 0 Å². The fourth-order valence-electron chi connectivity index (χ4n) is 4.35. The standard InChI is InChI=1S/C21H31N5O/c1-2-7-26-8-5-15(6-9-26)19-10-17-18(24-13-14-11-23-12-14)4-3-16(21(22)27)20(17)25-19/h3-4,10,14-15,23-25H,2,5-9,11-13H2,1H3,(H2,22,27). The monoisotopic (exact) mass is 369 g/mol. The van der Waals surface area contributed by atoms with E-state index in [9.17, 15) is 4.79 Å². The Labute approximate surface area is 160 Å². The maximum Gasteiger partial charge on any atom is 0.250 e. The summed E-state index contributed by atoms with van der Waals surface area (Å²) >= 11 is 0. The van der Waals surface area contributed by atoms with E-state index in [-0.39, 0.29) is 5.91 Å². The van der Waals surface area contributed by atoms with Gasteiger partial charge in [-0.25, -0.2) is 0 Å². The van der Waals surface area contributed by atoms with E-state index in [1.807, 2.05) is 12.1 Å². The number of likely N-dealkylation sites (tertiary alicyclic amines) is 1. The molecular weight excluding hydrogens is 338 g/mol. The van der Waals surface area contributed by atoms with Crippen molar-refractivity contribution in [2.24, 2.45) is 11.7 Å². The Hall–Kier alpha value is -2.05. The van der Waals surface area contributed by atoms with Gasteiger partial charge in [-0.05, 0) is 57.1 Å². The van der Waals surface area contributed by atoms with Gasteiger partial charge in [0.15, 0.2) is 0 Å². The van der Waals surface area contributed by atoms with Gasteiger partial charge in [0.05, 0.1) is 11.1 Å². The van der Waals surface area contributed by atoms with Crippen molar-refractivity contribution in [1.29, 1.82) is 0 Å². The quantitative estimate of drug-likeness (QED) is 0.604. The summed E-state index contributed by atoms with van der Waals surface area (Å²) in [6.45, 7) is 8.83. The van der Waals surface area contributed by atoms with Crippen LogP contribution in [-0.4, -0.2) is 55.1 Å². The lowest BCUT2D eigenvalue weighted by Gasteiger charge is -2.31. The molecule has 146 valence electrons. The Morgan fingerprint density at radius 1 is 1.30 bits per heavy atom. The van der Waals surface area contributed by atoms with E-state index in [1.54, 1.807) is 0 Å². The molecule has 5 N–H and O–H groups in total. The number of benzene rings is 1. The van der Waals surface area contributed by atoms with Gasteiger partial charge in [0, 0.05) is 48.2 Å². The molecule has 4 rings (SSSR count). The van der Waals surface area contributed by atoms with Gasteiger partial charge in [-0.15, -0.1) is 0 Å². The highest BCUT2D eigenvalue weighted by Crippen LogP contribution is 2.34. The van der Waals surface area contributed by atoms with E-state index in [4.69, 9.17) is 5.73 Å². The molecule has 1 amide bonds. The first-order chi connectivity index (χ1) is 13.2. The molecule has 0 bridgehead atoms. The van der Waals surface area contributed by atoms with Gasteiger partial charge >= 0.3 is 0 Å². The zero-order chi connectivity index (χ0) is 18.8. The van der Waals surface area contributed by atoms with Crippen molar-refractivity contribution in [1.82, 2.24) is 15.2 Å². The van der Waals surface area contributed by atoms with Crippen molar-refractivity contribution in [2.45, 2.75) is 32.1 Å². The SMILES string of the molecule is CCCN1CCC(c2cc3c(NCC4CNC4)ccc(C(N)=O)c3[nH]2)CC1. The number of H-pyrrole nitrogens is 1. The van der Waals surface area contributed by atoms with Crippen LogP contribution in [0.25, 0.3) is 10.9 Å². The number of hydrogen-bond acceptors (Lipinski definition) is 4. The molecule has 0 spiro atoms. The summed E-state index contributed by atoms with van der Waals surface area (Å²) in [5, 5.41) is 7.97. The smallest absolute Gasteiger partial charge is 0.250 e. The van der Waals surface area contributed by atoms with Gasteiger partial charge in [0.1, 0.15) is 0 Å². The lowest BCUT2D eigenvalue weighted by molar-refractivity contribution is 0.100. The number of carbonyl (C=O) groups is 1. The highest BCUT2D eigenvalue weighted by molar-refractivity contribution is 6.08. The molecule has 0 aliphatic carbocycles. The van der Waals surface area contributed by atoms with Crippen LogP contribution >= 0.6 is 0 Å². The van der Waals surface area contributed by atoms with Crippen LogP contribution in [0, 0.1) is 5.92 Å². The third-order valence-corrected chi connectivity index (χ3v) is 6.09. The number of nitrogens with one attached hydrogen (secondary N) is 3. The Morgan fingerprint density at radius 2 is 2.07 bits per heavy atom. The highest BCUT2D eigenvalue weighted by Gasteiger charge is 2.23. The number of primary amides is 1. The second-order valence-electron chi connectivity index (χ2n) is 8.06. The van der Waals surface area contributed by atoms with Crippen LogP contribution in [-0.2, 0) is 0 Å². The molecule has 2 aliphatic heterocycles. The van der Waals surface area contributed by atoms with E-state index < -0.39 is 0 Å². The Morgan fingerprint density at radius 3 is 2.70 bits per heavy atom. The number of anilines is 1. The summed E-state index contributed by atoms with van der Waals surface area (Å²) in [5.74, 6) is 0.827. The van der Waals surface area contributed by atoms with Gasteiger partial charge < -0.3 is 26.3 Å². The van der Waals surface area contributed by atoms with E-state index in [2.05, 4.69) is 33.5 Å². The van der Waals surface area contributed by atoms with Crippen LogP contribution in [0.4, 0.5) is 5.69 Å². The fourth-order valence-corrected chi connectivity index (χ4v) is 4.35. The van der Waals surface area contributed by atoms with Gasteiger partial charge in [-0.2, -0.15) is 0 Å². The van der Waals surface area contributed by atoms with E-state index in [0.29, 0.717) is 17.4 Å². The minimum atomic E-state index is -0.374. The predicted molar refractivity (Wildman–Crippen MR) is 110 cm³/mol. The number of hydrogen-bond donors (Lipinski definition) is 4. The average molecular weight is 370 g/mol. The molecule has 2 aromatic rings. The van der Waals surface area contributed by atoms with Crippen LogP contribution in [0.1, 0.15) is 48.2 Å². The minimum Gasteiger partial charge on any atom is -0.384 e. The summed E-state index contributed by atoms with van der Waals surface area (Å²) in [5.41, 5.74) is 9.42. The number of nitrogens with zero attached hydrogens (tertiary/aromatic N) is 1. The first-order valence-electron chi connectivity index (χ1n) is 10.3. The van der Waals surface area contributed by atoms with Crippen LogP contribution in [0.15, 0.2) is 18.2 Å². The van der Waals surface area contributed by atoms with Gasteiger partial charge in [0.2, 0.25) is 0 Å². The Balaban J connectivity index is 1.58. The van der Waals surface area contributed by atoms with Gasteiger partial charge in [-0.1, -0.05) is 6.92 Å².